The number of nitrogens with zero attached hydrogens (tertiary/aromatic N) is 2. The zero-order chi connectivity index (χ0) is 16.6. The fourth-order valence-electron chi connectivity index (χ4n) is 2.74. The SMILES string of the molecule is CC[C@H](C)Sc1nc2c(c(=O)n1-c1cc(C)cc(C)c1)SCC2. The van der Waals surface area contributed by atoms with Crippen molar-refractivity contribution in [2.75, 3.05) is 5.75 Å². The fourth-order valence-corrected chi connectivity index (χ4v) is 4.75. The van der Waals surface area contributed by atoms with E-state index in [0.717, 1.165) is 40.0 Å². The summed E-state index contributed by atoms with van der Waals surface area (Å²) >= 11 is 3.34. The Labute approximate surface area is 145 Å². The Balaban J connectivity index is 2.22. The highest BCUT2D eigenvalue weighted by Crippen LogP contribution is 2.32. The molecule has 1 aromatic carbocycles. The van der Waals surface area contributed by atoms with Gasteiger partial charge in [-0.3, -0.25) is 9.36 Å². The molecule has 3 rings (SSSR count). The van der Waals surface area contributed by atoms with E-state index in [1.165, 1.54) is 11.1 Å². The Hall–Kier alpha value is -1.20. The maximum Gasteiger partial charge on any atom is 0.272 e. The normalized spacial score (nSPS) is 14.8. The van der Waals surface area contributed by atoms with Gasteiger partial charge in [0.05, 0.1) is 16.3 Å². The standard InChI is InChI=1S/C18H22N2OS2/c1-5-13(4)23-18-19-15-6-7-22-16(15)17(21)20(18)14-9-11(2)8-12(3)10-14/h8-10,13H,5-7H2,1-4H3/t13-/m0/s1. The molecule has 0 fully saturated rings. The summed E-state index contributed by atoms with van der Waals surface area (Å²) in [7, 11) is 0. The summed E-state index contributed by atoms with van der Waals surface area (Å²) in [6.07, 6.45) is 1.95. The highest BCUT2D eigenvalue weighted by atomic mass is 32.2. The smallest absolute Gasteiger partial charge is 0.268 e. The van der Waals surface area contributed by atoms with Crippen molar-refractivity contribution in [1.29, 1.82) is 0 Å². The summed E-state index contributed by atoms with van der Waals surface area (Å²) in [6, 6.07) is 6.27. The van der Waals surface area contributed by atoms with Crippen LogP contribution in [0.3, 0.4) is 0 Å². The van der Waals surface area contributed by atoms with Gasteiger partial charge in [-0.1, -0.05) is 31.7 Å². The molecule has 0 saturated heterocycles. The van der Waals surface area contributed by atoms with Crippen LogP contribution in [0.25, 0.3) is 5.69 Å². The van der Waals surface area contributed by atoms with Crippen LogP contribution in [-0.2, 0) is 6.42 Å². The van der Waals surface area contributed by atoms with E-state index in [9.17, 15) is 4.79 Å². The van der Waals surface area contributed by atoms with Gasteiger partial charge in [0, 0.05) is 17.4 Å². The predicted molar refractivity (Wildman–Crippen MR) is 99.3 cm³/mol. The van der Waals surface area contributed by atoms with Crippen LogP contribution < -0.4 is 5.56 Å². The van der Waals surface area contributed by atoms with Crippen molar-refractivity contribution in [1.82, 2.24) is 9.55 Å². The molecule has 0 N–H and O–H groups in total. The summed E-state index contributed by atoms with van der Waals surface area (Å²) in [6.45, 7) is 8.49. The van der Waals surface area contributed by atoms with E-state index >= 15 is 0 Å². The van der Waals surface area contributed by atoms with Gasteiger partial charge in [0.25, 0.3) is 5.56 Å². The number of hydrogen-bond acceptors (Lipinski definition) is 4. The summed E-state index contributed by atoms with van der Waals surface area (Å²) in [4.78, 5) is 18.7. The van der Waals surface area contributed by atoms with Gasteiger partial charge in [-0.2, -0.15) is 0 Å². The molecule has 0 unspecified atom stereocenters. The van der Waals surface area contributed by atoms with Gasteiger partial charge in [-0.25, -0.2) is 4.98 Å². The van der Waals surface area contributed by atoms with Crippen molar-refractivity contribution in [3.8, 4) is 5.69 Å². The Morgan fingerprint density at radius 2 is 2.00 bits per heavy atom. The Morgan fingerprint density at radius 3 is 2.65 bits per heavy atom. The molecule has 122 valence electrons. The van der Waals surface area contributed by atoms with Crippen molar-refractivity contribution < 1.29 is 0 Å². The molecule has 2 heterocycles. The molecular weight excluding hydrogens is 324 g/mol. The van der Waals surface area contributed by atoms with E-state index in [-0.39, 0.29) is 5.56 Å². The van der Waals surface area contributed by atoms with E-state index in [4.69, 9.17) is 4.98 Å². The van der Waals surface area contributed by atoms with Gasteiger partial charge >= 0.3 is 0 Å². The first-order chi connectivity index (χ1) is 11.0. The van der Waals surface area contributed by atoms with Crippen LogP contribution in [-0.4, -0.2) is 20.6 Å². The summed E-state index contributed by atoms with van der Waals surface area (Å²) in [5.41, 5.74) is 4.33. The second-order valence-electron chi connectivity index (χ2n) is 6.09. The van der Waals surface area contributed by atoms with Gasteiger partial charge in [0.1, 0.15) is 0 Å². The number of hydrogen-bond donors (Lipinski definition) is 0. The number of rotatable bonds is 4. The number of fused-ring (bicyclic) bond motifs is 1. The van der Waals surface area contributed by atoms with Gasteiger partial charge in [0.2, 0.25) is 0 Å². The monoisotopic (exact) mass is 346 g/mol. The lowest BCUT2D eigenvalue weighted by molar-refractivity contribution is 0.733. The van der Waals surface area contributed by atoms with E-state index in [1.807, 2.05) is 4.57 Å². The minimum atomic E-state index is 0.0910. The largest absolute Gasteiger partial charge is 0.272 e. The molecule has 5 heteroatoms. The molecule has 1 atom stereocenters. The zero-order valence-corrected chi connectivity index (χ0v) is 15.7. The minimum Gasteiger partial charge on any atom is -0.268 e. The molecule has 0 saturated carbocycles. The third-order valence-corrected chi connectivity index (χ3v) is 6.34. The first-order valence-corrected chi connectivity index (χ1v) is 9.90. The van der Waals surface area contributed by atoms with E-state index in [2.05, 4.69) is 45.9 Å². The van der Waals surface area contributed by atoms with Gasteiger partial charge in [0.15, 0.2) is 5.16 Å². The lowest BCUT2D eigenvalue weighted by atomic mass is 10.1. The number of aryl methyl sites for hydroxylation is 3. The molecule has 0 radical (unpaired) electrons. The summed E-state index contributed by atoms with van der Waals surface area (Å²) in [5, 5.41) is 1.27. The zero-order valence-electron chi connectivity index (χ0n) is 14.0. The highest BCUT2D eigenvalue weighted by molar-refractivity contribution is 8.00. The van der Waals surface area contributed by atoms with Crippen LogP contribution in [0.2, 0.25) is 0 Å². The molecule has 0 aliphatic carbocycles. The number of aromatic nitrogens is 2. The van der Waals surface area contributed by atoms with Crippen LogP contribution in [0, 0.1) is 13.8 Å². The van der Waals surface area contributed by atoms with Crippen molar-refractivity contribution in [2.24, 2.45) is 0 Å². The Bertz CT molecular complexity index is 778. The first-order valence-electron chi connectivity index (χ1n) is 8.03. The summed E-state index contributed by atoms with van der Waals surface area (Å²) in [5.74, 6) is 0.960. The van der Waals surface area contributed by atoms with Crippen molar-refractivity contribution >= 4 is 23.5 Å². The maximum absolute atomic E-state index is 13.1. The average molecular weight is 347 g/mol. The molecule has 1 aliphatic rings. The Morgan fingerprint density at radius 1 is 1.30 bits per heavy atom. The fraction of sp³-hybridized carbons (Fsp3) is 0.444. The summed E-state index contributed by atoms with van der Waals surface area (Å²) < 4.78 is 1.81. The molecule has 2 aromatic rings. The van der Waals surface area contributed by atoms with Crippen LogP contribution in [0.4, 0.5) is 0 Å². The predicted octanol–water partition coefficient (Wildman–Crippen LogP) is 4.39. The van der Waals surface area contributed by atoms with E-state index in [0.29, 0.717) is 5.25 Å². The first kappa shape index (κ1) is 16.7. The number of thioether (sulfide) groups is 2. The third-order valence-electron chi connectivity index (χ3n) is 4.01. The highest BCUT2D eigenvalue weighted by Gasteiger charge is 2.23. The minimum absolute atomic E-state index is 0.0910. The maximum atomic E-state index is 13.1. The molecule has 0 bridgehead atoms. The third kappa shape index (κ3) is 3.36. The van der Waals surface area contributed by atoms with Crippen molar-refractivity contribution in [3.63, 3.8) is 0 Å². The number of benzene rings is 1. The molecule has 0 spiro atoms. The second-order valence-corrected chi connectivity index (χ2v) is 8.60. The van der Waals surface area contributed by atoms with Crippen LogP contribution >= 0.6 is 23.5 Å². The topological polar surface area (TPSA) is 34.9 Å². The molecule has 23 heavy (non-hydrogen) atoms. The van der Waals surface area contributed by atoms with Gasteiger partial charge in [-0.15, -0.1) is 11.8 Å². The van der Waals surface area contributed by atoms with Gasteiger partial charge in [-0.05, 0) is 43.5 Å². The van der Waals surface area contributed by atoms with Crippen LogP contribution in [0.1, 0.15) is 37.1 Å². The average Bonchev–Trinajstić information content (AvgIpc) is 2.94. The second kappa shape index (κ2) is 6.73. The van der Waals surface area contributed by atoms with Crippen molar-refractivity contribution in [2.45, 2.75) is 55.8 Å². The van der Waals surface area contributed by atoms with E-state index < -0.39 is 0 Å². The molecule has 0 amide bonds. The quantitative estimate of drug-likeness (QED) is 0.607. The molecule has 3 nitrogen and oxygen atoms in total. The van der Waals surface area contributed by atoms with E-state index in [1.54, 1.807) is 23.5 Å². The molecule has 1 aromatic heterocycles. The van der Waals surface area contributed by atoms with Gasteiger partial charge < -0.3 is 0 Å². The Kier molecular flexibility index (Phi) is 4.87. The molecule has 1 aliphatic heterocycles. The van der Waals surface area contributed by atoms with Crippen LogP contribution in [0.5, 0.6) is 0 Å². The van der Waals surface area contributed by atoms with Crippen LogP contribution in [0.15, 0.2) is 33.0 Å². The lowest BCUT2D eigenvalue weighted by Gasteiger charge is -2.17. The molecular formula is C18H22N2OS2. The lowest BCUT2D eigenvalue weighted by Crippen LogP contribution is -2.24. The van der Waals surface area contributed by atoms with Crippen molar-refractivity contribution in [3.05, 3.63) is 45.4 Å².